The van der Waals surface area contributed by atoms with Crippen LogP contribution >= 0.6 is 11.3 Å². The van der Waals surface area contributed by atoms with Crippen LogP contribution in [0.4, 0.5) is 5.13 Å². The number of nitrogens with zero attached hydrogens (tertiary/aromatic N) is 2. The van der Waals surface area contributed by atoms with E-state index in [-0.39, 0.29) is 10.8 Å². The zero-order valence-corrected chi connectivity index (χ0v) is 18.9. The summed E-state index contributed by atoms with van der Waals surface area (Å²) in [5.41, 5.74) is 3.60. The number of sulfonamides is 1. The molecule has 0 radical (unpaired) electrons. The van der Waals surface area contributed by atoms with Gasteiger partial charge in [0.25, 0.3) is 5.91 Å². The molecule has 0 unspecified atom stereocenters. The molecule has 0 aliphatic carbocycles. The van der Waals surface area contributed by atoms with Gasteiger partial charge in [0, 0.05) is 18.7 Å². The van der Waals surface area contributed by atoms with Crippen LogP contribution in [-0.4, -0.2) is 36.7 Å². The van der Waals surface area contributed by atoms with Crippen LogP contribution in [0.2, 0.25) is 0 Å². The molecule has 0 bridgehead atoms. The van der Waals surface area contributed by atoms with Gasteiger partial charge >= 0.3 is 0 Å². The van der Waals surface area contributed by atoms with Crippen LogP contribution in [0.3, 0.4) is 0 Å². The van der Waals surface area contributed by atoms with Crippen molar-refractivity contribution >= 4 is 42.6 Å². The highest BCUT2D eigenvalue weighted by atomic mass is 32.2. The van der Waals surface area contributed by atoms with Gasteiger partial charge in [-0.05, 0) is 80.1 Å². The maximum absolute atomic E-state index is 12.9. The van der Waals surface area contributed by atoms with Gasteiger partial charge < -0.3 is 0 Å². The Morgan fingerprint density at radius 1 is 1.17 bits per heavy atom. The van der Waals surface area contributed by atoms with Crippen molar-refractivity contribution in [2.75, 3.05) is 18.4 Å². The summed E-state index contributed by atoms with van der Waals surface area (Å²) < 4.78 is 28.3. The maximum Gasteiger partial charge on any atom is 0.257 e. The molecule has 1 N–H and O–H groups in total. The molecule has 1 aliphatic rings. The van der Waals surface area contributed by atoms with Gasteiger partial charge in [0.1, 0.15) is 0 Å². The lowest BCUT2D eigenvalue weighted by molar-refractivity contribution is 0.102. The largest absolute Gasteiger partial charge is 0.298 e. The number of rotatable bonds is 4. The number of fused-ring (bicyclic) bond motifs is 1. The first-order valence-electron chi connectivity index (χ1n) is 10.0. The fourth-order valence-corrected chi connectivity index (χ4v) is 6.23. The van der Waals surface area contributed by atoms with Crippen LogP contribution in [0.5, 0.6) is 0 Å². The minimum Gasteiger partial charge on any atom is -0.298 e. The molecule has 2 aromatic carbocycles. The quantitative estimate of drug-likeness (QED) is 0.640. The molecular formula is C22H25N3O3S2. The van der Waals surface area contributed by atoms with Crippen molar-refractivity contribution in [1.29, 1.82) is 0 Å². The van der Waals surface area contributed by atoms with Crippen molar-refractivity contribution < 1.29 is 13.2 Å². The monoisotopic (exact) mass is 443 g/mol. The van der Waals surface area contributed by atoms with Crippen LogP contribution in [0, 0.1) is 19.8 Å². The van der Waals surface area contributed by atoms with E-state index in [1.54, 1.807) is 16.4 Å². The van der Waals surface area contributed by atoms with Crippen LogP contribution in [0.15, 0.2) is 41.3 Å². The maximum atomic E-state index is 12.9. The van der Waals surface area contributed by atoms with Crippen LogP contribution in [0.25, 0.3) is 10.2 Å². The van der Waals surface area contributed by atoms with Crippen molar-refractivity contribution in [3.05, 3.63) is 53.1 Å². The van der Waals surface area contributed by atoms with E-state index in [1.165, 1.54) is 29.0 Å². The van der Waals surface area contributed by atoms with Crippen molar-refractivity contribution in [3.63, 3.8) is 0 Å². The van der Waals surface area contributed by atoms with Gasteiger partial charge in [0.2, 0.25) is 10.0 Å². The summed E-state index contributed by atoms with van der Waals surface area (Å²) in [4.78, 5) is 17.3. The lowest BCUT2D eigenvalue weighted by Crippen LogP contribution is -2.39. The summed E-state index contributed by atoms with van der Waals surface area (Å²) in [6, 6.07) is 10.2. The predicted molar refractivity (Wildman–Crippen MR) is 121 cm³/mol. The molecule has 0 spiro atoms. The van der Waals surface area contributed by atoms with Crippen LogP contribution in [-0.2, 0) is 10.0 Å². The van der Waals surface area contributed by atoms with E-state index in [4.69, 9.17) is 0 Å². The number of hydrogen-bond donors (Lipinski definition) is 1. The second-order valence-corrected chi connectivity index (χ2v) is 11.0. The SMILES string of the molecule is Cc1cc2nc(NC(=O)c3ccc(S(=O)(=O)N4CCC[C@@H](C)C4)cc3)sc2cc1C. The first-order valence-corrected chi connectivity index (χ1v) is 12.3. The number of thiazole rings is 1. The van der Waals surface area contributed by atoms with Gasteiger partial charge in [0.05, 0.1) is 15.1 Å². The fraction of sp³-hybridized carbons (Fsp3) is 0.364. The standard InChI is InChI=1S/C22H25N3O3S2/c1-14-5-4-10-25(13-14)30(27,28)18-8-6-17(7-9-18)21(26)24-22-23-19-11-15(2)16(3)12-20(19)29-22/h6-9,11-12,14H,4-5,10,13H2,1-3H3,(H,23,24,26)/t14-/m1/s1. The van der Waals surface area contributed by atoms with E-state index < -0.39 is 10.0 Å². The number of hydrogen-bond acceptors (Lipinski definition) is 5. The molecule has 8 heteroatoms. The molecule has 2 heterocycles. The van der Waals surface area contributed by atoms with E-state index >= 15 is 0 Å². The summed E-state index contributed by atoms with van der Waals surface area (Å²) in [5, 5.41) is 3.35. The minimum absolute atomic E-state index is 0.221. The van der Waals surface area contributed by atoms with E-state index in [9.17, 15) is 13.2 Å². The third-order valence-corrected chi connectivity index (χ3v) is 8.41. The Bertz CT molecular complexity index is 1160. The second kappa shape index (κ2) is 8.09. The average molecular weight is 444 g/mol. The molecule has 3 aromatic rings. The minimum atomic E-state index is -3.53. The molecule has 30 heavy (non-hydrogen) atoms. The molecule has 1 saturated heterocycles. The van der Waals surface area contributed by atoms with Gasteiger partial charge in [-0.3, -0.25) is 10.1 Å². The van der Waals surface area contributed by atoms with Crippen molar-refractivity contribution in [2.24, 2.45) is 5.92 Å². The first-order chi connectivity index (χ1) is 14.2. The number of carbonyl (C=O) groups is 1. The Hall–Kier alpha value is -2.29. The van der Waals surface area contributed by atoms with Gasteiger partial charge in [-0.2, -0.15) is 4.31 Å². The Morgan fingerprint density at radius 2 is 1.87 bits per heavy atom. The number of aryl methyl sites for hydroxylation is 2. The Kier molecular flexibility index (Phi) is 5.65. The number of piperidine rings is 1. The van der Waals surface area contributed by atoms with E-state index in [2.05, 4.69) is 23.3 Å². The zero-order valence-electron chi connectivity index (χ0n) is 17.3. The van der Waals surface area contributed by atoms with Crippen LogP contribution < -0.4 is 5.32 Å². The second-order valence-electron chi connectivity index (χ2n) is 8.01. The smallest absolute Gasteiger partial charge is 0.257 e. The van der Waals surface area contributed by atoms with Crippen molar-refractivity contribution in [1.82, 2.24) is 9.29 Å². The van der Waals surface area contributed by atoms with Gasteiger partial charge in [-0.15, -0.1) is 0 Å². The third kappa shape index (κ3) is 4.12. The third-order valence-electron chi connectivity index (χ3n) is 5.60. The number of carbonyl (C=O) groups excluding carboxylic acids is 1. The Balaban J connectivity index is 1.50. The van der Waals surface area contributed by atoms with Crippen LogP contribution in [0.1, 0.15) is 41.3 Å². The summed E-state index contributed by atoms with van der Waals surface area (Å²) in [5.74, 6) is 0.0537. The molecule has 0 saturated carbocycles. The van der Waals surface area contributed by atoms with Gasteiger partial charge in [0.15, 0.2) is 5.13 Å². The highest BCUT2D eigenvalue weighted by molar-refractivity contribution is 7.89. The molecule has 4 rings (SSSR count). The molecule has 1 atom stereocenters. The first kappa shape index (κ1) is 21.0. The highest BCUT2D eigenvalue weighted by Gasteiger charge is 2.28. The zero-order chi connectivity index (χ0) is 21.5. The molecule has 1 aromatic heterocycles. The molecule has 6 nitrogen and oxygen atoms in total. The Morgan fingerprint density at radius 3 is 2.57 bits per heavy atom. The van der Waals surface area contributed by atoms with Gasteiger partial charge in [-0.1, -0.05) is 18.3 Å². The molecule has 158 valence electrons. The summed E-state index contributed by atoms with van der Waals surface area (Å²) in [6.07, 6.45) is 1.93. The predicted octanol–water partition coefficient (Wildman–Crippen LogP) is 4.59. The number of anilines is 1. The molecular weight excluding hydrogens is 418 g/mol. The topological polar surface area (TPSA) is 79.4 Å². The van der Waals surface area contributed by atoms with E-state index in [1.807, 2.05) is 19.9 Å². The summed E-state index contributed by atoms with van der Waals surface area (Å²) in [7, 11) is -3.53. The summed E-state index contributed by atoms with van der Waals surface area (Å²) >= 11 is 1.42. The molecule has 1 amide bonds. The number of nitrogens with one attached hydrogen (secondary N) is 1. The lowest BCUT2D eigenvalue weighted by atomic mass is 10.0. The van der Waals surface area contributed by atoms with Crippen molar-refractivity contribution in [2.45, 2.75) is 38.5 Å². The normalized spacial score (nSPS) is 17.9. The van der Waals surface area contributed by atoms with Crippen molar-refractivity contribution in [3.8, 4) is 0 Å². The Labute approximate surface area is 181 Å². The van der Waals surface area contributed by atoms with E-state index in [0.717, 1.165) is 28.6 Å². The lowest BCUT2D eigenvalue weighted by Gasteiger charge is -2.30. The molecule has 1 fully saturated rings. The number of aromatic nitrogens is 1. The summed E-state index contributed by atoms with van der Waals surface area (Å²) in [6.45, 7) is 7.24. The van der Waals surface area contributed by atoms with Gasteiger partial charge in [-0.25, -0.2) is 13.4 Å². The highest BCUT2D eigenvalue weighted by Crippen LogP contribution is 2.29. The average Bonchev–Trinajstić information content (AvgIpc) is 3.09. The molecule has 1 aliphatic heterocycles. The van der Waals surface area contributed by atoms with E-state index in [0.29, 0.717) is 29.7 Å². The number of benzene rings is 2. The fourth-order valence-electron chi connectivity index (χ4n) is 3.69. The number of amides is 1.